The first-order valence-electron chi connectivity index (χ1n) is 12.7. The molecule has 0 aromatic heterocycles. The predicted octanol–water partition coefficient (Wildman–Crippen LogP) is 6.36. The van der Waals surface area contributed by atoms with E-state index in [1.807, 2.05) is 0 Å². The smallest absolute Gasteiger partial charge is 0.0757 e. The average Bonchev–Trinajstić information content (AvgIpc) is 3.00. The maximum absolute atomic E-state index is 11.3. The summed E-state index contributed by atoms with van der Waals surface area (Å²) in [6.07, 6.45) is 13.9. The lowest BCUT2D eigenvalue weighted by Gasteiger charge is -2.59. The molecule has 0 radical (unpaired) electrons. The zero-order valence-corrected chi connectivity index (χ0v) is 19.7. The summed E-state index contributed by atoms with van der Waals surface area (Å²) in [6, 6.07) is 0. The number of hydrogen-bond donors (Lipinski definition) is 2. The third-order valence-electron chi connectivity index (χ3n) is 10.3. The van der Waals surface area contributed by atoms with E-state index in [-0.39, 0.29) is 17.6 Å². The number of hydrogen-bond acceptors (Lipinski definition) is 2. The van der Waals surface area contributed by atoms with Gasteiger partial charge < -0.3 is 10.2 Å². The Hall–Kier alpha value is -0.340. The largest absolute Gasteiger partial charge is 0.393 e. The Morgan fingerprint density at radius 2 is 1.72 bits per heavy atom. The first-order valence-corrected chi connectivity index (χ1v) is 12.7. The Labute approximate surface area is 179 Å². The van der Waals surface area contributed by atoms with Crippen LogP contribution < -0.4 is 0 Å². The molecule has 0 spiro atoms. The number of rotatable bonds is 5. The van der Waals surface area contributed by atoms with Crippen molar-refractivity contribution in [3.05, 3.63) is 11.6 Å². The van der Waals surface area contributed by atoms with Crippen molar-refractivity contribution >= 4 is 0 Å². The highest BCUT2D eigenvalue weighted by atomic mass is 16.3. The third kappa shape index (κ3) is 3.65. The van der Waals surface area contributed by atoms with Gasteiger partial charge in [0, 0.05) is 0 Å². The summed E-state index contributed by atoms with van der Waals surface area (Å²) in [7, 11) is 0. The van der Waals surface area contributed by atoms with E-state index in [9.17, 15) is 10.2 Å². The van der Waals surface area contributed by atoms with E-state index < -0.39 is 0 Å². The molecule has 2 nitrogen and oxygen atoms in total. The van der Waals surface area contributed by atoms with E-state index in [0.29, 0.717) is 23.2 Å². The Balaban J connectivity index is 1.54. The Morgan fingerprint density at radius 3 is 2.45 bits per heavy atom. The summed E-state index contributed by atoms with van der Waals surface area (Å²) in [6.45, 7) is 12.2. The van der Waals surface area contributed by atoms with Gasteiger partial charge in [-0.2, -0.15) is 0 Å². The summed E-state index contributed by atoms with van der Waals surface area (Å²) >= 11 is 0. The van der Waals surface area contributed by atoms with Crippen LogP contribution in [0.25, 0.3) is 0 Å². The lowest BCUT2D eigenvalue weighted by atomic mass is 9.46. The minimum Gasteiger partial charge on any atom is -0.393 e. The van der Waals surface area contributed by atoms with Gasteiger partial charge in [0.25, 0.3) is 0 Å². The van der Waals surface area contributed by atoms with Crippen molar-refractivity contribution in [2.24, 2.45) is 46.3 Å². The molecule has 4 rings (SSSR count). The molecule has 4 aliphatic carbocycles. The van der Waals surface area contributed by atoms with E-state index in [1.165, 1.54) is 50.5 Å². The summed E-state index contributed by atoms with van der Waals surface area (Å²) < 4.78 is 0. The lowest BCUT2D eigenvalue weighted by molar-refractivity contribution is -0.0970. The summed E-state index contributed by atoms with van der Waals surface area (Å²) in [5.41, 5.74) is 1.99. The fourth-order valence-corrected chi connectivity index (χ4v) is 8.65. The van der Waals surface area contributed by atoms with Gasteiger partial charge in [-0.05, 0) is 91.3 Å². The van der Waals surface area contributed by atoms with E-state index in [4.69, 9.17) is 0 Å². The Bertz CT molecular complexity index is 624. The quantitative estimate of drug-likeness (QED) is 0.525. The zero-order chi connectivity index (χ0) is 21.0. The molecule has 0 aliphatic heterocycles. The molecule has 0 heterocycles. The Kier molecular flexibility index (Phi) is 6.01. The molecule has 0 aromatic carbocycles. The average molecular weight is 403 g/mol. The molecule has 0 bridgehead atoms. The first-order chi connectivity index (χ1) is 13.7. The van der Waals surface area contributed by atoms with Crippen molar-refractivity contribution in [3.63, 3.8) is 0 Å². The second-order valence-electron chi connectivity index (χ2n) is 12.3. The molecule has 0 saturated heterocycles. The van der Waals surface area contributed by atoms with Crippen molar-refractivity contribution in [2.45, 2.75) is 111 Å². The fraction of sp³-hybridized carbons (Fsp3) is 0.926. The van der Waals surface area contributed by atoms with Crippen molar-refractivity contribution in [1.29, 1.82) is 0 Å². The van der Waals surface area contributed by atoms with Gasteiger partial charge in [0.2, 0.25) is 0 Å². The molecule has 0 aromatic rings. The molecule has 2 heteroatoms. The predicted molar refractivity (Wildman–Crippen MR) is 120 cm³/mol. The van der Waals surface area contributed by atoms with Gasteiger partial charge in [0.1, 0.15) is 0 Å². The fourth-order valence-electron chi connectivity index (χ4n) is 8.65. The monoisotopic (exact) mass is 402 g/mol. The van der Waals surface area contributed by atoms with Crippen LogP contribution >= 0.6 is 0 Å². The highest BCUT2D eigenvalue weighted by Gasteiger charge is 2.61. The molecule has 3 saturated carbocycles. The molecular weight excluding hydrogens is 356 g/mol. The molecule has 29 heavy (non-hydrogen) atoms. The van der Waals surface area contributed by atoms with Crippen LogP contribution in [0.2, 0.25) is 0 Å². The summed E-state index contributed by atoms with van der Waals surface area (Å²) in [5.74, 6) is 4.18. The van der Waals surface area contributed by atoms with Gasteiger partial charge in [-0.25, -0.2) is 0 Å². The molecule has 3 fully saturated rings. The number of aliphatic hydroxyl groups excluding tert-OH is 2. The molecule has 166 valence electrons. The van der Waals surface area contributed by atoms with Crippen LogP contribution in [-0.4, -0.2) is 22.4 Å². The van der Waals surface area contributed by atoms with Gasteiger partial charge in [-0.3, -0.25) is 0 Å². The van der Waals surface area contributed by atoms with Crippen molar-refractivity contribution in [2.75, 3.05) is 0 Å². The van der Waals surface area contributed by atoms with E-state index in [2.05, 4.69) is 40.7 Å². The Morgan fingerprint density at radius 1 is 0.966 bits per heavy atom. The van der Waals surface area contributed by atoms with Crippen molar-refractivity contribution in [3.8, 4) is 0 Å². The molecular formula is C27H46O2. The maximum Gasteiger partial charge on any atom is 0.0757 e. The van der Waals surface area contributed by atoms with Crippen LogP contribution in [-0.2, 0) is 0 Å². The zero-order valence-electron chi connectivity index (χ0n) is 19.7. The first kappa shape index (κ1) is 21.9. The van der Waals surface area contributed by atoms with Crippen molar-refractivity contribution in [1.82, 2.24) is 0 Å². The minimum absolute atomic E-state index is 0.200. The molecule has 9 atom stereocenters. The van der Waals surface area contributed by atoms with Gasteiger partial charge in [-0.15, -0.1) is 0 Å². The van der Waals surface area contributed by atoms with Gasteiger partial charge in [0.15, 0.2) is 0 Å². The SMILES string of the molecule is CC(C)CCC[C@@H](C)[C@H]1CC[C@@H]2[C@@H]3[C@H](O)C=C4C[C@@H](O)CC[C@]4(C)[C@H]3CC[C@@]21C. The molecule has 4 aliphatic rings. The van der Waals surface area contributed by atoms with E-state index in [0.717, 1.165) is 37.0 Å². The molecule has 0 unspecified atom stereocenters. The standard InChI is InChI=1S/C27H46O2/c1-17(2)7-6-8-18(3)21-9-10-22-25-23(12-14-27(21,22)5)26(4)13-11-20(28)15-19(26)16-24(25)29/h16-18,20-25,28-29H,6-15H2,1-5H3/t18-,20+,21-,22-,23+,24-,25+,26+,27-/m1/s1. The summed E-state index contributed by atoms with van der Waals surface area (Å²) in [5, 5.41) is 21.5. The van der Waals surface area contributed by atoms with Crippen molar-refractivity contribution < 1.29 is 10.2 Å². The number of aliphatic hydroxyl groups is 2. The van der Waals surface area contributed by atoms with Crippen LogP contribution in [0.1, 0.15) is 98.8 Å². The van der Waals surface area contributed by atoms with Gasteiger partial charge >= 0.3 is 0 Å². The normalized spacial score (nSPS) is 47.9. The van der Waals surface area contributed by atoms with E-state index >= 15 is 0 Å². The maximum atomic E-state index is 11.3. The third-order valence-corrected chi connectivity index (χ3v) is 10.3. The van der Waals surface area contributed by atoms with Crippen LogP contribution in [0.3, 0.4) is 0 Å². The van der Waals surface area contributed by atoms with Crippen LogP contribution in [0.4, 0.5) is 0 Å². The molecule has 0 amide bonds. The summed E-state index contributed by atoms with van der Waals surface area (Å²) in [4.78, 5) is 0. The van der Waals surface area contributed by atoms with Gasteiger partial charge in [0.05, 0.1) is 12.2 Å². The molecule has 2 N–H and O–H groups in total. The van der Waals surface area contributed by atoms with Crippen LogP contribution in [0.5, 0.6) is 0 Å². The van der Waals surface area contributed by atoms with Crippen LogP contribution in [0.15, 0.2) is 11.6 Å². The van der Waals surface area contributed by atoms with E-state index in [1.54, 1.807) is 0 Å². The highest BCUT2D eigenvalue weighted by molar-refractivity contribution is 5.27. The second-order valence-corrected chi connectivity index (χ2v) is 12.3. The second kappa shape index (κ2) is 7.97. The lowest BCUT2D eigenvalue weighted by Crippen LogP contribution is -2.54. The highest BCUT2D eigenvalue weighted by Crippen LogP contribution is 2.67. The van der Waals surface area contributed by atoms with Gasteiger partial charge in [-0.1, -0.05) is 65.5 Å². The minimum atomic E-state index is -0.298. The topological polar surface area (TPSA) is 40.5 Å². The number of fused-ring (bicyclic) bond motifs is 5. The van der Waals surface area contributed by atoms with Crippen LogP contribution in [0, 0.1) is 46.3 Å².